The number of anilines is 1. The van der Waals surface area contributed by atoms with Gasteiger partial charge in [-0.1, -0.05) is 55.8 Å². The first-order chi connectivity index (χ1) is 12.9. The molecule has 0 aromatic heterocycles. The molecule has 5 nitrogen and oxygen atoms in total. The summed E-state index contributed by atoms with van der Waals surface area (Å²) in [6, 6.07) is 16.2. The number of rotatable bonds is 8. The van der Waals surface area contributed by atoms with E-state index in [1.54, 1.807) is 24.3 Å². The van der Waals surface area contributed by atoms with Gasteiger partial charge in [0.25, 0.3) is 0 Å². The lowest BCUT2D eigenvalue weighted by Gasteiger charge is -2.25. The maximum atomic E-state index is 12.4. The standard InChI is InChI=1S/C22H27NO4/c1-4-5-15-22(2,3)27-21(25)23-19-14-10-9-13-18(19)20(24)26-16-17-11-7-6-8-12-17/h6-14H,4-5,15-16H2,1-3H3,(H,23,25). The Labute approximate surface area is 160 Å². The quantitative estimate of drug-likeness (QED) is 0.619. The van der Waals surface area contributed by atoms with Gasteiger partial charge in [-0.15, -0.1) is 0 Å². The average Bonchev–Trinajstić information content (AvgIpc) is 2.65. The molecule has 0 unspecified atom stereocenters. The van der Waals surface area contributed by atoms with Crippen LogP contribution in [0.2, 0.25) is 0 Å². The van der Waals surface area contributed by atoms with Gasteiger partial charge in [0.15, 0.2) is 0 Å². The monoisotopic (exact) mass is 369 g/mol. The number of carbonyl (C=O) groups is 2. The molecule has 2 aromatic carbocycles. The average molecular weight is 369 g/mol. The van der Waals surface area contributed by atoms with E-state index >= 15 is 0 Å². The third kappa shape index (κ3) is 6.77. The Morgan fingerprint density at radius 1 is 1.00 bits per heavy atom. The van der Waals surface area contributed by atoms with Gasteiger partial charge < -0.3 is 9.47 Å². The maximum absolute atomic E-state index is 12.4. The largest absolute Gasteiger partial charge is 0.457 e. The summed E-state index contributed by atoms with van der Waals surface area (Å²) in [5, 5.41) is 2.66. The van der Waals surface area contributed by atoms with E-state index in [4.69, 9.17) is 9.47 Å². The highest BCUT2D eigenvalue weighted by Gasteiger charge is 2.23. The van der Waals surface area contributed by atoms with E-state index in [-0.39, 0.29) is 12.2 Å². The fourth-order valence-electron chi connectivity index (χ4n) is 2.61. The van der Waals surface area contributed by atoms with Crippen molar-refractivity contribution in [1.82, 2.24) is 0 Å². The molecule has 0 saturated carbocycles. The van der Waals surface area contributed by atoms with Crippen molar-refractivity contribution in [2.24, 2.45) is 0 Å². The number of ether oxygens (including phenoxy) is 2. The minimum Gasteiger partial charge on any atom is -0.457 e. The van der Waals surface area contributed by atoms with Crippen LogP contribution in [-0.4, -0.2) is 17.7 Å². The van der Waals surface area contributed by atoms with Crippen LogP contribution in [0.1, 0.15) is 56.0 Å². The van der Waals surface area contributed by atoms with Crippen LogP contribution >= 0.6 is 0 Å². The smallest absolute Gasteiger partial charge is 0.412 e. The minimum atomic E-state index is -0.584. The summed E-state index contributed by atoms with van der Waals surface area (Å²) in [6.07, 6.45) is 2.20. The van der Waals surface area contributed by atoms with Crippen LogP contribution < -0.4 is 5.32 Å². The van der Waals surface area contributed by atoms with Gasteiger partial charge in [-0.3, -0.25) is 5.32 Å². The molecule has 2 rings (SSSR count). The number of hydrogen-bond donors (Lipinski definition) is 1. The number of esters is 1. The van der Waals surface area contributed by atoms with E-state index in [0.717, 1.165) is 24.8 Å². The first kappa shape index (κ1) is 20.5. The Morgan fingerprint density at radius 3 is 2.37 bits per heavy atom. The summed E-state index contributed by atoms with van der Waals surface area (Å²) < 4.78 is 10.9. The molecular formula is C22H27NO4. The first-order valence-electron chi connectivity index (χ1n) is 9.21. The SMILES string of the molecule is CCCCC(C)(C)OC(=O)Nc1ccccc1C(=O)OCc1ccccc1. The normalized spacial score (nSPS) is 10.9. The van der Waals surface area contributed by atoms with E-state index in [2.05, 4.69) is 12.2 Å². The molecular weight excluding hydrogens is 342 g/mol. The molecule has 0 spiro atoms. The lowest BCUT2D eigenvalue weighted by molar-refractivity contribution is 0.0407. The van der Waals surface area contributed by atoms with E-state index in [1.165, 1.54) is 0 Å². The Balaban J connectivity index is 2.00. The first-order valence-corrected chi connectivity index (χ1v) is 9.21. The second kappa shape index (κ2) is 9.76. The topological polar surface area (TPSA) is 64.6 Å². The van der Waals surface area contributed by atoms with Crippen molar-refractivity contribution in [1.29, 1.82) is 0 Å². The summed E-state index contributed by atoms with van der Waals surface area (Å²) >= 11 is 0. The van der Waals surface area contributed by atoms with Crippen molar-refractivity contribution in [3.63, 3.8) is 0 Å². The minimum absolute atomic E-state index is 0.169. The molecule has 0 aliphatic rings. The number of carbonyl (C=O) groups excluding carboxylic acids is 2. The predicted molar refractivity (Wildman–Crippen MR) is 106 cm³/mol. The second-order valence-corrected chi connectivity index (χ2v) is 6.99. The van der Waals surface area contributed by atoms with Gasteiger partial charge in [0.1, 0.15) is 12.2 Å². The van der Waals surface area contributed by atoms with Crippen LogP contribution in [0.15, 0.2) is 54.6 Å². The number of unbranched alkanes of at least 4 members (excludes halogenated alkanes) is 1. The van der Waals surface area contributed by atoms with E-state index in [9.17, 15) is 9.59 Å². The summed E-state index contributed by atoms with van der Waals surface area (Å²) in [5.41, 5.74) is 0.986. The van der Waals surface area contributed by atoms with Gasteiger partial charge in [-0.25, -0.2) is 9.59 Å². The molecule has 144 valence electrons. The summed E-state index contributed by atoms with van der Waals surface area (Å²) in [7, 11) is 0. The molecule has 0 aliphatic carbocycles. The van der Waals surface area contributed by atoms with Crippen LogP contribution in [0.4, 0.5) is 10.5 Å². The maximum Gasteiger partial charge on any atom is 0.412 e. The van der Waals surface area contributed by atoms with Crippen molar-refractivity contribution in [3.8, 4) is 0 Å². The third-order valence-corrected chi connectivity index (χ3v) is 4.10. The molecule has 0 aliphatic heterocycles. The Kier molecular flexibility index (Phi) is 7.41. The molecule has 2 aromatic rings. The molecule has 5 heteroatoms. The van der Waals surface area contributed by atoms with Gasteiger partial charge >= 0.3 is 12.1 Å². The summed E-state index contributed by atoms with van der Waals surface area (Å²) in [4.78, 5) is 24.7. The van der Waals surface area contributed by atoms with E-state index in [0.29, 0.717) is 5.69 Å². The van der Waals surface area contributed by atoms with Crippen molar-refractivity contribution >= 4 is 17.7 Å². The number of benzene rings is 2. The third-order valence-electron chi connectivity index (χ3n) is 4.10. The highest BCUT2D eigenvalue weighted by Crippen LogP contribution is 2.21. The van der Waals surface area contributed by atoms with E-state index < -0.39 is 17.7 Å². The molecule has 1 N–H and O–H groups in total. The zero-order valence-corrected chi connectivity index (χ0v) is 16.2. The van der Waals surface area contributed by atoms with Crippen molar-refractivity contribution in [2.45, 2.75) is 52.2 Å². The molecule has 0 atom stereocenters. The van der Waals surface area contributed by atoms with E-state index in [1.807, 2.05) is 44.2 Å². The number of nitrogens with one attached hydrogen (secondary N) is 1. The molecule has 0 saturated heterocycles. The fraction of sp³-hybridized carbons (Fsp3) is 0.364. The molecule has 0 radical (unpaired) electrons. The lowest BCUT2D eigenvalue weighted by atomic mass is 10.0. The zero-order valence-electron chi connectivity index (χ0n) is 16.2. The fourth-order valence-corrected chi connectivity index (χ4v) is 2.61. The highest BCUT2D eigenvalue weighted by molar-refractivity contribution is 5.99. The van der Waals surface area contributed by atoms with Crippen LogP contribution in [-0.2, 0) is 16.1 Å². The van der Waals surface area contributed by atoms with Crippen molar-refractivity contribution < 1.29 is 19.1 Å². The molecule has 0 heterocycles. The van der Waals surface area contributed by atoms with Crippen LogP contribution in [0.5, 0.6) is 0 Å². The Morgan fingerprint density at radius 2 is 1.67 bits per heavy atom. The van der Waals surface area contributed by atoms with Gasteiger partial charge in [0, 0.05) is 0 Å². The van der Waals surface area contributed by atoms with Gasteiger partial charge in [0.2, 0.25) is 0 Å². The number of amides is 1. The second-order valence-electron chi connectivity index (χ2n) is 6.99. The molecule has 1 amide bonds. The van der Waals surface area contributed by atoms with Crippen molar-refractivity contribution in [3.05, 3.63) is 65.7 Å². The highest BCUT2D eigenvalue weighted by atomic mass is 16.6. The predicted octanol–water partition coefficient (Wildman–Crippen LogP) is 5.56. The van der Waals surface area contributed by atoms with Crippen LogP contribution in [0, 0.1) is 0 Å². The van der Waals surface area contributed by atoms with Gasteiger partial charge in [0.05, 0.1) is 11.3 Å². The van der Waals surface area contributed by atoms with Crippen molar-refractivity contribution in [2.75, 3.05) is 5.32 Å². The van der Waals surface area contributed by atoms with Gasteiger partial charge in [-0.2, -0.15) is 0 Å². The molecule has 27 heavy (non-hydrogen) atoms. The Hall–Kier alpha value is -2.82. The molecule has 0 fully saturated rings. The zero-order chi connectivity index (χ0) is 19.7. The van der Waals surface area contributed by atoms with Crippen LogP contribution in [0.25, 0.3) is 0 Å². The lowest BCUT2D eigenvalue weighted by Crippen LogP contribution is -2.31. The number of para-hydroxylation sites is 1. The number of hydrogen-bond acceptors (Lipinski definition) is 4. The summed E-state index contributed by atoms with van der Waals surface area (Å²) in [6.45, 7) is 6.01. The van der Waals surface area contributed by atoms with Crippen LogP contribution in [0.3, 0.4) is 0 Å². The molecule has 0 bridgehead atoms. The summed E-state index contributed by atoms with van der Waals surface area (Å²) in [5.74, 6) is -0.500. The Bertz CT molecular complexity index is 756. The van der Waals surface area contributed by atoms with Gasteiger partial charge in [-0.05, 0) is 44.4 Å².